The molecular weight excluding hydrogens is 268 g/mol. The summed E-state index contributed by atoms with van der Waals surface area (Å²) in [5.41, 5.74) is 1.97. The number of amides is 1. The molecule has 16 heavy (non-hydrogen) atoms. The van der Waals surface area contributed by atoms with Gasteiger partial charge in [0.15, 0.2) is 0 Å². The number of nitrogens with one attached hydrogen (secondary N) is 2. The molecule has 2 N–H and O–H groups in total. The van der Waals surface area contributed by atoms with Crippen LogP contribution in [0.1, 0.15) is 12.0 Å². The molecule has 3 nitrogen and oxygen atoms in total. The number of carbonyl (C=O) groups excluding carboxylic acids is 1. The van der Waals surface area contributed by atoms with Crippen LogP contribution >= 0.6 is 15.9 Å². The minimum atomic E-state index is 0.110. The van der Waals surface area contributed by atoms with Crippen molar-refractivity contribution in [1.82, 2.24) is 5.32 Å². The number of halogens is 1. The first-order chi connectivity index (χ1) is 7.68. The fraction of sp³-hybridized carbons (Fsp3) is 0.417. The number of hydrogen-bond donors (Lipinski definition) is 2. The summed E-state index contributed by atoms with van der Waals surface area (Å²) in [5.74, 6) is 0.226. The van der Waals surface area contributed by atoms with Gasteiger partial charge >= 0.3 is 0 Å². The molecule has 1 saturated heterocycles. The van der Waals surface area contributed by atoms with E-state index in [1.54, 1.807) is 0 Å². The summed E-state index contributed by atoms with van der Waals surface area (Å²) < 4.78 is 1.02. The van der Waals surface area contributed by atoms with Gasteiger partial charge in [0.1, 0.15) is 0 Å². The lowest BCUT2D eigenvalue weighted by molar-refractivity contribution is -0.119. The Kier molecular flexibility index (Phi) is 3.61. The summed E-state index contributed by atoms with van der Waals surface area (Å²) in [6, 6.07) is 5.84. The van der Waals surface area contributed by atoms with Crippen molar-refractivity contribution in [3.05, 3.63) is 28.2 Å². The molecule has 1 aromatic rings. The van der Waals surface area contributed by atoms with Crippen LogP contribution in [0.15, 0.2) is 22.7 Å². The van der Waals surface area contributed by atoms with Crippen LogP contribution in [0, 0.1) is 12.8 Å². The Morgan fingerprint density at radius 3 is 3.06 bits per heavy atom. The van der Waals surface area contributed by atoms with Crippen LogP contribution in [0.3, 0.4) is 0 Å². The number of rotatable bonds is 2. The van der Waals surface area contributed by atoms with Gasteiger partial charge in [-0.25, -0.2) is 0 Å². The van der Waals surface area contributed by atoms with Crippen molar-refractivity contribution in [3.8, 4) is 0 Å². The van der Waals surface area contributed by atoms with Crippen LogP contribution in [-0.4, -0.2) is 19.0 Å². The third kappa shape index (κ3) is 2.44. The maximum absolute atomic E-state index is 11.9. The van der Waals surface area contributed by atoms with Crippen molar-refractivity contribution in [1.29, 1.82) is 0 Å². The molecule has 1 heterocycles. The normalized spacial score (nSPS) is 19.8. The quantitative estimate of drug-likeness (QED) is 0.874. The molecule has 1 amide bonds. The number of carbonyl (C=O) groups is 1. The molecule has 86 valence electrons. The first-order valence-corrected chi connectivity index (χ1v) is 6.24. The van der Waals surface area contributed by atoms with E-state index in [1.165, 1.54) is 0 Å². The van der Waals surface area contributed by atoms with Gasteiger partial charge in [-0.2, -0.15) is 0 Å². The lowest BCUT2D eigenvalue weighted by Gasteiger charge is -2.12. The summed E-state index contributed by atoms with van der Waals surface area (Å²) in [6.07, 6.45) is 0.929. The van der Waals surface area contributed by atoms with Crippen molar-refractivity contribution in [3.63, 3.8) is 0 Å². The zero-order valence-electron chi connectivity index (χ0n) is 9.22. The zero-order chi connectivity index (χ0) is 11.5. The Morgan fingerprint density at radius 2 is 2.38 bits per heavy atom. The smallest absolute Gasteiger partial charge is 0.228 e. The molecule has 0 saturated carbocycles. The van der Waals surface area contributed by atoms with Crippen molar-refractivity contribution >= 4 is 27.5 Å². The van der Waals surface area contributed by atoms with Gasteiger partial charge in [0.25, 0.3) is 0 Å². The Hall–Kier alpha value is -0.870. The predicted octanol–water partition coefficient (Wildman–Crippen LogP) is 2.31. The van der Waals surface area contributed by atoms with Crippen molar-refractivity contribution in [2.75, 3.05) is 18.4 Å². The van der Waals surface area contributed by atoms with Gasteiger partial charge in [-0.1, -0.05) is 22.0 Å². The van der Waals surface area contributed by atoms with E-state index in [2.05, 4.69) is 26.6 Å². The molecule has 4 heteroatoms. The summed E-state index contributed by atoms with van der Waals surface area (Å²) >= 11 is 3.46. The maximum Gasteiger partial charge on any atom is 0.228 e. The van der Waals surface area contributed by atoms with Crippen LogP contribution < -0.4 is 10.6 Å². The molecule has 0 spiro atoms. The van der Waals surface area contributed by atoms with Crippen LogP contribution in [-0.2, 0) is 4.79 Å². The van der Waals surface area contributed by atoms with Gasteiger partial charge in [0.05, 0.1) is 5.92 Å². The van der Waals surface area contributed by atoms with Crippen molar-refractivity contribution < 1.29 is 4.79 Å². The molecule has 1 unspecified atom stereocenters. The Balaban J connectivity index is 2.08. The first kappa shape index (κ1) is 11.6. The Labute approximate surface area is 104 Å². The fourth-order valence-electron chi connectivity index (χ4n) is 1.86. The van der Waals surface area contributed by atoms with Crippen LogP contribution in [0.25, 0.3) is 0 Å². The minimum Gasteiger partial charge on any atom is -0.326 e. The van der Waals surface area contributed by atoms with E-state index in [0.717, 1.165) is 35.2 Å². The second-order valence-electron chi connectivity index (χ2n) is 4.09. The fourth-order valence-corrected chi connectivity index (χ4v) is 2.22. The highest BCUT2D eigenvalue weighted by Gasteiger charge is 2.22. The molecule has 1 aliphatic rings. The van der Waals surface area contributed by atoms with E-state index < -0.39 is 0 Å². The number of benzene rings is 1. The standard InChI is InChI=1S/C12H15BrN2O/c1-8-10(13)3-2-4-11(8)15-12(16)9-5-6-14-7-9/h2-4,9,14H,5-7H2,1H3,(H,15,16). The monoisotopic (exact) mass is 282 g/mol. The molecule has 0 aliphatic carbocycles. The zero-order valence-corrected chi connectivity index (χ0v) is 10.8. The molecule has 1 atom stereocenters. The van der Waals surface area contributed by atoms with Crippen LogP contribution in [0.5, 0.6) is 0 Å². The van der Waals surface area contributed by atoms with E-state index in [4.69, 9.17) is 0 Å². The van der Waals surface area contributed by atoms with Crippen LogP contribution in [0.2, 0.25) is 0 Å². The molecule has 1 fully saturated rings. The Bertz CT molecular complexity index is 400. The third-order valence-corrected chi connectivity index (χ3v) is 3.82. The lowest BCUT2D eigenvalue weighted by atomic mass is 10.1. The summed E-state index contributed by atoms with van der Waals surface area (Å²) in [5, 5.41) is 6.18. The lowest BCUT2D eigenvalue weighted by Crippen LogP contribution is -2.24. The molecular formula is C12H15BrN2O. The Morgan fingerprint density at radius 1 is 1.56 bits per heavy atom. The van der Waals surface area contributed by atoms with Gasteiger partial charge < -0.3 is 10.6 Å². The summed E-state index contributed by atoms with van der Waals surface area (Å²) in [6.45, 7) is 3.72. The highest BCUT2D eigenvalue weighted by molar-refractivity contribution is 9.10. The van der Waals surface area contributed by atoms with Crippen molar-refractivity contribution in [2.24, 2.45) is 5.92 Å². The van der Waals surface area contributed by atoms with Crippen molar-refractivity contribution in [2.45, 2.75) is 13.3 Å². The molecule has 1 aliphatic heterocycles. The maximum atomic E-state index is 11.9. The predicted molar refractivity (Wildman–Crippen MR) is 68.5 cm³/mol. The van der Waals surface area contributed by atoms with Gasteiger partial charge in [-0.15, -0.1) is 0 Å². The van der Waals surface area contributed by atoms with E-state index in [-0.39, 0.29) is 11.8 Å². The van der Waals surface area contributed by atoms with E-state index in [9.17, 15) is 4.79 Å². The average molecular weight is 283 g/mol. The first-order valence-electron chi connectivity index (χ1n) is 5.45. The van der Waals surface area contributed by atoms with Gasteiger partial charge in [-0.05, 0) is 37.6 Å². The van der Waals surface area contributed by atoms with E-state index in [0.29, 0.717) is 0 Å². The van der Waals surface area contributed by atoms with Gasteiger partial charge in [0, 0.05) is 16.7 Å². The SMILES string of the molecule is Cc1c(Br)cccc1NC(=O)C1CCNC1. The second kappa shape index (κ2) is 4.97. The molecule has 0 bridgehead atoms. The molecule has 0 aromatic heterocycles. The highest BCUT2D eigenvalue weighted by Crippen LogP contribution is 2.24. The third-order valence-electron chi connectivity index (χ3n) is 2.96. The number of anilines is 1. The van der Waals surface area contributed by atoms with E-state index >= 15 is 0 Å². The average Bonchev–Trinajstić information content (AvgIpc) is 2.78. The highest BCUT2D eigenvalue weighted by atomic mass is 79.9. The minimum absolute atomic E-state index is 0.110. The molecule has 0 radical (unpaired) electrons. The van der Waals surface area contributed by atoms with Gasteiger partial charge in [-0.3, -0.25) is 4.79 Å². The second-order valence-corrected chi connectivity index (χ2v) is 4.95. The largest absolute Gasteiger partial charge is 0.326 e. The summed E-state index contributed by atoms with van der Waals surface area (Å²) in [7, 11) is 0. The molecule has 2 rings (SSSR count). The topological polar surface area (TPSA) is 41.1 Å². The number of hydrogen-bond acceptors (Lipinski definition) is 2. The van der Waals surface area contributed by atoms with Gasteiger partial charge in [0.2, 0.25) is 5.91 Å². The molecule has 1 aromatic carbocycles. The summed E-state index contributed by atoms with van der Waals surface area (Å²) in [4.78, 5) is 11.9. The van der Waals surface area contributed by atoms with E-state index in [1.807, 2.05) is 25.1 Å². The van der Waals surface area contributed by atoms with Crippen LogP contribution in [0.4, 0.5) is 5.69 Å².